The van der Waals surface area contributed by atoms with Crippen molar-refractivity contribution in [2.45, 2.75) is 9.79 Å². The molecule has 1 aliphatic heterocycles. The molecule has 1 aromatic carbocycles. The topological polar surface area (TPSA) is 63.4 Å². The van der Waals surface area contributed by atoms with E-state index >= 15 is 0 Å². The Morgan fingerprint density at radius 1 is 1.46 bits per heavy atom. The quantitative estimate of drug-likeness (QED) is 0.525. The molecule has 6 heteroatoms. The molecule has 2 rings (SSSR count). The number of anilines is 1. The molecule has 0 amide bonds. The van der Waals surface area contributed by atoms with E-state index in [9.17, 15) is 8.42 Å². The zero-order valence-corrected chi connectivity index (χ0v) is 8.35. The Bertz CT molecular complexity index is 409. The van der Waals surface area contributed by atoms with Crippen molar-refractivity contribution in [3.05, 3.63) is 18.2 Å². The summed E-state index contributed by atoms with van der Waals surface area (Å²) in [4.78, 5) is 1.27. The van der Waals surface area contributed by atoms with Gasteiger partial charge in [-0.2, -0.15) is 0 Å². The molecular weight excluding hydrogens is 208 g/mol. The summed E-state index contributed by atoms with van der Waals surface area (Å²) in [6, 6.07) is 4.95. The number of benzene rings is 1. The van der Waals surface area contributed by atoms with Crippen LogP contribution in [0.1, 0.15) is 0 Å². The molecule has 0 radical (unpaired) electrons. The zero-order chi connectivity index (χ0) is 9.42. The van der Waals surface area contributed by atoms with Crippen LogP contribution in [0, 0.1) is 0 Å². The summed E-state index contributed by atoms with van der Waals surface area (Å²) in [5.74, 6) is 6.31. The molecule has 1 aliphatic rings. The van der Waals surface area contributed by atoms with E-state index in [-0.39, 0.29) is 0 Å². The molecule has 0 atom stereocenters. The largest absolute Gasteiger partial charge is 0.300 e. The number of hydrogen-bond acceptors (Lipinski definition) is 5. The molecule has 4 nitrogen and oxygen atoms in total. The fourth-order valence-corrected chi connectivity index (χ4v) is 2.66. The Morgan fingerprint density at radius 3 is 2.92 bits per heavy atom. The van der Waals surface area contributed by atoms with Gasteiger partial charge in [0.2, 0.25) is 0 Å². The highest BCUT2D eigenvalue weighted by Gasteiger charge is 2.17. The summed E-state index contributed by atoms with van der Waals surface area (Å²) in [5, 5.41) is 1.60. The molecule has 0 aromatic heterocycles. The van der Waals surface area contributed by atoms with Crippen LogP contribution in [-0.2, 0) is 10.7 Å². The first-order valence-corrected chi connectivity index (χ1v) is 5.78. The lowest BCUT2D eigenvalue weighted by molar-refractivity contribution is 0.614. The zero-order valence-electron chi connectivity index (χ0n) is 6.64. The summed E-state index contributed by atoms with van der Waals surface area (Å²) in [6.07, 6.45) is 0. The Labute approximate surface area is 81.6 Å². The summed E-state index contributed by atoms with van der Waals surface area (Å²) in [7, 11) is -2.49. The second-order valence-corrected chi connectivity index (χ2v) is 4.67. The Hall–Kier alpha value is -0.720. The molecule has 1 heterocycles. The fraction of sp³-hybridized carbons (Fsp3) is 0.143. The van der Waals surface area contributed by atoms with Gasteiger partial charge in [-0.3, -0.25) is 5.01 Å². The summed E-state index contributed by atoms with van der Waals surface area (Å²) in [6.45, 7) is 0. The molecule has 0 bridgehead atoms. The highest BCUT2D eigenvalue weighted by molar-refractivity contribution is 7.99. The average Bonchev–Trinajstić information content (AvgIpc) is 2.47. The van der Waals surface area contributed by atoms with E-state index < -0.39 is 10.7 Å². The molecule has 0 aliphatic carbocycles. The predicted octanol–water partition coefficient (Wildman–Crippen LogP) is 0.400. The summed E-state index contributed by atoms with van der Waals surface area (Å²) < 4.78 is 21.3. The molecule has 2 N–H and O–H groups in total. The number of nitrogens with two attached hydrogens (primary N) is 1. The van der Waals surface area contributed by atoms with Crippen LogP contribution >= 0.6 is 11.8 Å². The van der Waals surface area contributed by atoms with Gasteiger partial charge >= 0.3 is 0 Å². The van der Waals surface area contributed by atoms with E-state index in [2.05, 4.69) is 0 Å². The first kappa shape index (κ1) is 8.86. The monoisotopic (exact) mass is 216 g/mol. The summed E-state index contributed by atoms with van der Waals surface area (Å²) in [5.41, 5.74) is 0.894. The van der Waals surface area contributed by atoms with Gasteiger partial charge in [-0.15, -0.1) is 11.8 Å². The first-order chi connectivity index (χ1) is 6.18. The number of hydrazine groups is 1. The van der Waals surface area contributed by atoms with E-state index in [1.165, 1.54) is 0 Å². The maximum absolute atomic E-state index is 10.7. The average molecular weight is 216 g/mol. The second-order valence-electron chi connectivity index (χ2n) is 2.65. The van der Waals surface area contributed by atoms with Gasteiger partial charge in [0.25, 0.3) is 0 Å². The van der Waals surface area contributed by atoms with Gasteiger partial charge in [0.15, 0.2) is 10.7 Å². The molecule has 13 heavy (non-hydrogen) atoms. The van der Waals surface area contributed by atoms with Gasteiger partial charge < -0.3 is 0 Å². The normalized spacial score (nSPS) is 15.1. The van der Waals surface area contributed by atoms with Crippen molar-refractivity contribution >= 4 is 28.2 Å². The van der Waals surface area contributed by atoms with E-state index in [4.69, 9.17) is 5.84 Å². The second kappa shape index (κ2) is 3.21. The minimum Gasteiger partial charge on any atom is -0.300 e. The molecule has 0 unspecified atom stereocenters. The third-order valence-electron chi connectivity index (χ3n) is 1.82. The van der Waals surface area contributed by atoms with Crippen LogP contribution in [0.3, 0.4) is 0 Å². The smallest absolute Gasteiger partial charge is 0.168 e. The minimum absolute atomic E-state index is 0.344. The predicted molar refractivity (Wildman–Crippen MR) is 52.4 cm³/mol. The third-order valence-corrected chi connectivity index (χ3v) is 3.57. The van der Waals surface area contributed by atoms with E-state index in [1.807, 2.05) is 0 Å². The van der Waals surface area contributed by atoms with Crippen molar-refractivity contribution in [2.75, 3.05) is 10.9 Å². The van der Waals surface area contributed by atoms with Crippen LogP contribution in [0.15, 0.2) is 28.0 Å². The number of nitrogens with zero attached hydrogens (tertiary/aromatic N) is 1. The maximum Gasteiger partial charge on any atom is 0.168 e. The minimum atomic E-state index is -2.49. The van der Waals surface area contributed by atoms with E-state index in [0.717, 1.165) is 10.6 Å². The van der Waals surface area contributed by atoms with Crippen LogP contribution in [0.25, 0.3) is 0 Å². The molecule has 0 fully saturated rings. The van der Waals surface area contributed by atoms with Gasteiger partial charge in [0, 0.05) is 4.90 Å². The van der Waals surface area contributed by atoms with Crippen molar-refractivity contribution in [1.82, 2.24) is 0 Å². The third kappa shape index (κ3) is 1.52. The standard InChI is InChI=1S/C7H8N2O2S2/c8-9-4-12-7-3-5(13(10)11)1-2-6(7)9/h1-3,13H,4,8H2. The Balaban J connectivity index is 2.51. The molecular formula is C7H8N2O2S2. The molecule has 0 saturated carbocycles. The number of hydrogen-bond donors (Lipinski definition) is 2. The molecule has 0 saturated heterocycles. The fourth-order valence-electron chi connectivity index (χ4n) is 1.18. The highest BCUT2D eigenvalue weighted by Crippen LogP contribution is 2.37. The van der Waals surface area contributed by atoms with Crippen molar-refractivity contribution < 1.29 is 8.42 Å². The SMILES string of the molecule is NN1CSc2cc([SH](=O)=O)ccc21. The first-order valence-electron chi connectivity index (χ1n) is 3.62. The van der Waals surface area contributed by atoms with Gasteiger partial charge in [-0.1, -0.05) is 0 Å². The lowest BCUT2D eigenvalue weighted by atomic mass is 10.3. The summed E-state index contributed by atoms with van der Waals surface area (Å²) >= 11 is 1.54. The van der Waals surface area contributed by atoms with Crippen LogP contribution < -0.4 is 10.9 Å². The lowest BCUT2D eigenvalue weighted by Gasteiger charge is -2.09. The van der Waals surface area contributed by atoms with E-state index in [0.29, 0.717) is 10.8 Å². The molecule has 70 valence electrons. The number of rotatable bonds is 1. The van der Waals surface area contributed by atoms with Crippen molar-refractivity contribution in [2.24, 2.45) is 5.84 Å². The number of thiol groups is 1. The van der Waals surface area contributed by atoms with Gasteiger partial charge in [0.05, 0.1) is 16.5 Å². The highest BCUT2D eigenvalue weighted by atomic mass is 32.2. The van der Waals surface area contributed by atoms with Crippen LogP contribution in [0.4, 0.5) is 5.69 Å². The van der Waals surface area contributed by atoms with Crippen LogP contribution in [0.5, 0.6) is 0 Å². The molecule has 0 spiro atoms. The number of fused-ring (bicyclic) bond motifs is 1. The maximum atomic E-state index is 10.7. The van der Waals surface area contributed by atoms with Crippen molar-refractivity contribution in [1.29, 1.82) is 0 Å². The Morgan fingerprint density at radius 2 is 2.23 bits per heavy atom. The van der Waals surface area contributed by atoms with Gasteiger partial charge in [0.1, 0.15) is 0 Å². The lowest BCUT2D eigenvalue weighted by Crippen LogP contribution is -2.26. The molecule has 1 aromatic rings. The van der Waals surface area contributed by atoms with Crippen LogP contribution in [0.2, 0.25) is 0 Å². The van der Waals surface area contributed by atoms with Crippen LogP contribution in [-0.4, -0.2) is 14.3 Å². The van der Waals surface area contributed by atoms with Crippen molar-refractivity contribution in [3.8, 4) is 0 Å². The van der Waals surface area contributed by atoms with Gasteiger partial charge in [-0.25, -0.2) is 14.3 Å². The Kier molecular flexibility index (Phi) is 2.19. The number of thioether (sulfide) groups is 1. The van der Waals surface area contributed by atoms with Crippen molar-refractivity contribution in [3.63, 3.8) is 0 Å². The van der Waals surface area contributed by atoms with E-state index in [1.54, 1.807) is 35.0 Å². The van der Waals surface area contributed by atoms with Gasteiger partial charge in [-0.05, 0) is 18.2 Å².